The molecule has 162 valence electrons. The third-order valence-electron chi connectivity index (χ3n) is 5.79. The van der Waals surface area contributed by atoms with Crippen LogP contribution in [0, 0.1) is 13.8 Å². The number of aromatic nitrogens is 2. The molecule has 2 N–H and O–H groups in total. The van der Waals surface area contributed by atoms with Crippen LogP contribution in [0.3, 0.4) is 0 Å². The van der Waals surface area contributed by atoms with Gasteiger partial charge in [-0.2, -0.15) is 0 Å². The molecule has 6 nitrogen and oxygen atoms in total. The molecule has 0 bridgehead atoms. The van der Waals surface area contributed by atoms with Crippen LogP contribution >= 0.6 is 12.2 Å². The molecule has 1 saturated heterocycles. The molecule has 3 aromatic rings. The minimum Gasteiger partial charge on any atom is -0.376 e. The Labute approximate surface area is 187 Å². The minimum absolute atomic E-state index is 0.0890. The number of nitrogens with zero attached hydrogens (tertiary/aromatic N) is 2. The number of rotatable bonds is 6. The van der Waals surface area contributed by atoms with Crippen LogP contribution in [0.5, 0.6) is 0 Å². The van der Waals surface area contributed by atoms with Crippen LogP contribution < -0.4 is 10.9 Å². The van der Waals surface area contributed by atoms with E-state index in [1.54, 1.807) is 6.20 Å². The maximum Gasteiger partial charge on any atom is 0.253 e. The van der Waals surface area contributed by atoms with Gasteiger partial charge in [-0.25, -0.2) is 0 Å². The highest BCUT2D eigenvalue weighted by atomic mass is 32.1. The molecule has 1 fully saturated rings. The molecule has 0 amide bonds. The fourth-order valence-corrected chi connectivity index (χ4v) is 4.09. The van der Waals surface area contributed by atoms with Crippen LogP contribution in [0.25, 0.3) is 10.9 Å². The largest absolute Gasteiger partial charge is 0.376 e. The minimum atomic E-state index is -0.0890. The van der Waals surface area contributed by atoms with Gasteiger partial charge in [0.2, 0.25) is 0 Å². The van der Waals surface area contributed by atoms with Crippen molar-refractivity contribution in [2.75, 3.05) is 13.2 Å². The highest BCUT2D eigenvalue weighted by molar-refractivity contribution is 7.80. The van der Waals surface area contributed by atoms with Gasteiger partial charge in [-0.1, -0.05) is 6.07 Å². The third kappa shape index (κ3) is 5.29. The molecule has 7 heteroatoms. The molecular weight excluding hydrogens is 408 g/mol. The molecule has 1 aliphatic heterocycles. The second-order valence-electron chi connectivity index (χ2n) is 8.19. The molecule has 31 heavy (non-hydrogen) atoms. The summed E-state index contributed by atoms with van der Waals surface area (Å²) in [5.74, 6) is 0. The van der Waals surface area contributed by atoms with Crippen LogP contribution in [-0.4, -0.2) is 39.2 Å². The number of benzene rings is 1. The van der Waals surface area contributed by atoms with E-state index in [9.17, 15) is 4.79 Å². The van der Waals surface area contributed by atoms with Crippen LogP contribution in [-0.2, 0) is 17.8 Å². The van der Waals surface area contributed by atoms with E-state index in [4.69, 9.17) is 17.0 Å². The van der Waals surface area contributed by atoms with Gasteiger partial charge in [0.25, 0.3) is 5.56 Å². The summed E-state index contributed by atoms with van der Waals surface area (Å²) in [6.45, 7) is 6.59. The molecule has 2 aromatic heterocycles. The Morgan fingerprint density at radius 3 is 2.87 bits per heavy atom. The molecule has 0 aliphatic carbocycles. The molecule has 4 rings (SSSR count). The average molecular weight is 437 g/mol. The van der Waals surface area contributed by atoms with Gasteiger partial charge in [0.15, 0.2) is 5.11 Å². The van der Waals surface area contributed by atoms with E-state index in [0.717, 1.165) is 41.5 Å². The summed E-state index contributed by atoms with van der Waals surface area (Å²) in [5.41, 5.74) is 4.84. The van der Waals surface area contributed by atoms with Crippen LogP contribution in [0.15, 0.2) is 47.5 Å². The highest BCUT2D eigenvalue weighted by Gasteiger charge is 2.18. The lowest BCUT2D eigenvalue weighted by Crippen LogP contribution is -2.42. The number of thiocarbonyl (C=S) groups is 1. The van der Waals surface area contributed by atoms with Crippen molar-refractivity contribution in [2.45, 2.75) is 45.9 Å². The van der Waals surface area contributed by atoms with E-state index in [2.05, 4.69) is 35.2 Å². The first-order chi connectivity index (χ1) is 15.0. The second-order valence-corrected chi connectivity index (χ2v) is 8.57. The number of hydrogen-bond acceptors (Lipinski definition) is 4. The van der Waals surface area contributed by atoms with Gasteiger partial charge in [0, 0.05) is 43.2 Å². The number of aromatic amines is 1. The Morgan fingerprint density at radius 2 is 2.13 bits per heavy atom. The van der Waals surface area contributed by atoms with Crippen molar-refractivity contribution in [1.29, 1.82) is 0 Å². The molecule has 0 unspecified atom stereocenters. The van der Waals surface area contributed by atoms with Gasteiger partial charge in [0.05, 0.1) is 12.6 Å². The predicted molar refractivity (Wildman–Crippen MR) is 127 cm³/mol. The summed E-state index contributed by atoms with van der Waals surface area (Å²) in [4.78, 5) is 22.1. The topological polar surface area (TPSA) is 70.2 Å². The van der Waals surface area contributed by atoms with E-state index in [1.807, 2.05) is 35.4 Å². The lowest BCUT2D eigenvalue weighted by atomic mass is 10.0. The lowest BCUT2D eigenvalue weighted by molar-refractivity contribution is 0.113. The van der Waals surface area contributed by atoms with Crippen LogP contribution in [0.4, 0.5) is 0 Å². The smallest absolute Gasteiger partial charge is 0.253 e. The van der Waals surface area contributed by atoms with E-state index < -0.39 is 0 Å². The van der Waals surface area contributed by atoms with E-state index in [-0.39, 0.29) is 11.7 Å². The molecule has 0 saturated carbocycles. The maximum absolute atomic E-state index is 12.8. The summed E-state index contributed by atoms with van der Waals surface area (Å²) in [6, 6.07) is 10.0. The molecule has 1 atom stereocenters. The number of hydrogen-bond donors (Lipinski definition) is 2. The normalized spacial score (nSPS) is 15.9. The summed E-state index contributed by atoms with van der Waals surface area (Å²) in [7, 11) is 0. The Balaban J connectivity index is 1.58. The highest BCUT2D eigenvalue weighted by Crippen LogP contribution is 2.18. The Hall–Kier alpha value is -2.77. The monoisotopic (exact) mass is 436 g/mol. The first-order valence-electron chi connectivity index (χ1n) is 10.7. The average Bonchev–Trinajstić information content (AvgIpc) is 3.28. The maximum atomic E-state index is 12.8. The van der Waals surface area contributed by atoms with E-state index in [1.165, 1.54) is 5.56 Å². The number of pyridine rings is 2. The number of H-pyrrole nitrogens is 1. The fourth-order valence-electron chi connectivity index (χ4n) is 3.87. The zero-order chi connectivity index (χ0) is 21.8. The predicted octanol–water partition coefficient (Wildman–Crippen LogP) is 3.60. The fraction of sp³-hybridized carbons (Fsp3) is 0.375. The van der Waals surface area contributed by atoms with Crippen LogP contribution in [0.2, 0.25) is 0 Å². The van der Waals surface area contributed by atoms with Gasteiger partial charge in [-0.3, -0.25) is 9.78 Å². The van der Waals surface area contributed by atoms with Crippen molar-refractivity contribution in [2.24, 2.45) is 0 Å². The lowest BCUT2D eigenvalue weighted by Gasteiger charge is -2.26. The summed E-state index contributed by atoms with van der Waals surface area (Å²) in [5, 5.41) is 4.97. The van der Waals surface area contributed by atoms with Gasteiger partial charge in [-0.15, -0.1) is 0 Å². The van der Waals surface area contributed by atoms with Gasteiger partial charge >= 0.3 is 0 Å². The van der Waals surface area contributed by atoms with Crippen molar-refractivity contribution >= 4 is 28.2 Å². The SMILES string of the molecule is Cc1cc2cc(CN(Cc3cccnc3)C(=S)NC[C@H]3CCCO3)c(=O)[nH]c2cc1C. The number of ether oxygens (including phenoxy) is 1. The molecule has 1 aromatic carbocycles. The number of nitrogens with one attached hydrogen (secondary N) is 2. The molecule has 0 spiro atoms. The molecule has 0 radical (unpaired) electrons. The Bertz CT molecular complexity index is 1120. The molecule has 1 aliphatic rings. The zero-order valence-corrected chi connectivity index (χ0v) is 18.8. The second kappa shape index (κ2) is 9.58. The van der Waals surface area contributed by atoms with Gasteiger partial charge in [-0.05, 0) is 85.2 Å². The van der Waals surface area contributed by atoms with Crippen molar-refractivity contribution in [3.63, 3.8) is 0 Å². The van der Waals surface area contributed by atoms with Crippen LogP contribution in [0.1, 0.15) is 35.1 Å². The zero-order valence-electron chi connectivity index (χ0n) is 18.0. The van der Waals surface area contributed by atoms with E-state index >= 15 is 0 Å². The molecule has 3 heterocycles. The Morgan fingerprint density at radius 1 is 1.29 bits per heavy atom. The molecular formula is C24H28N4O2S. The van der Waals surface area contributed by atoms with Crippen molar-refractivity contribution in [3.05, 3.63) is 75.3 Å². The van der Waals surface area contributed by atoms with Gasteiger partial charge in [0.1, 0.15) is 0 Å². The first kappa shape index (κ1) is 21.5. The number of aryl methyl sites for hydroxylation is 2. The summed E-state index contributed by atoms with van der Waals surface area (Å²) >= 11 is 5.71. The first-order valence-corrected chi connectivity index (χ1v) is 11.1. The third-order valence-corrected chi connectivity index (χ3v) is 6.19. The summed E-state index contributed by atoms with van der Waals surface area (Å²) < 4.78 is 5.70. The standard InChI is InChI=1S/C24H28N4O2S/c1-16-9-19-11-20(23(29)27-22(19)10-17(16)2)15-28(14-18-5-3-7-25-12-18)24(31)26-13-21-6-4-8-30-21/h3,5,7,9-12,21H,4,6,8,13-15H2,1-2H3,(H,26,31)(H,27,29)/t21-/m1/s1. The number of fused-ring (bicyclic) bond motifs is 1. The quantitative estimate of drug-likeness (QED) is 0.576. The Kier molecular flexibility index (Phi) is 6.63. The van der Waals surface area contributed by atoms with Gasteiger partial charge < -0.3 is 19.9 Å². The van der Waals surface area contributed by atoms with Crippen molar-refractivity contribution in [3.8, 4) is 0 Å². The van der Waals surface area contributed by atoms with E-state index in [0.29, 0.717) is 30.3 Å². The van der Waals surface area contributed by atoms with Crippen molar-refractivity contribution < 1.29 is 4.74 Å². The van der Waals surface area contributed by atoms with Crippen molar-refractivity contribution in [1.82, 2.24) is 20.2 Å². The summed E-state index contributed by atoms with van der Waals surface area (Å²) in [6.07, 6.45) is 5.89.